The highest BCUT2D eigenvalue weighted by atomic mass is 79.9. The minimum Gasteiger partial charge on any atom is -0.308 e. The number of nitrogens with one attached hydrogen (secondary N) is 1. The molecule has 1 aromatic carbocycles. The Hall–Kier alpha value is -1.17. The first-order valence-electron chi connectivity index (χ1n) is 6.24. The van der Waals surface area contributed by atoms with E-state index in [-0.39, 0.29) is 0 Å². The zero-order valence-corrected chi connectivity index (χ0v) is 13.9. The zero-order chi connectivity index (χ0) is 14.9. The molecule has 4 nitrogen and oxygen atoms in total. The van der Waals surface area contributed by atoms with Crippen molar-refractivity contribution in [1.82, 2.24) is 9.97 Å². The molecule has 0 aliphatic rings. The summed E-state index contributed by atoms with van der Waals surface area (Å²) >= 11 is 9.44. The minimum atomic E-state index is 0.295. The fourth-order valence-corrected chi connectivity index (χ4v) is 3.03. The second-order valence-corrected chi connectivity index (χ2v) is 6.11. The summed E-state index contributed by atoms with van der Waals surface area (Å²) in [6.45, 7) is 6.14. The molecule has 0 bridgehead atoms. The van der Waals surface area contributed by atoms with Gasteiger partial charge in [-0.05, 0) is 47.0 Å². The van der Waals surface area contributed by atoms with Crippen LogP contribution in [0.4, 0.5) is 5.82 Å². The van der Waals surface area contributed by atoms with Gasteiger partial charge in [0.15, 0.2) is 5.82 Å². The van der Waals surface area contributed by atoms with E-state index < -0.39 is 0 Å². The van der Waals surface area contributed by atoms with E-state index >= 15 is 0 Å². The number of aromatic nitrogens is 2. The van der Waals surface area contributed by atoms with Crippen LogP contribution in [0.5, 0.6) is 0 Å². The third-order valence-corrected chi connectivity index (χ3v) is 3.91. The monoisotopic (exact) mass is 354 g/mol. The first-order chi connectivity index (χ1) is 9.43. The molecular formula is C14H16BrClN4. The quantitative estimate of drug-likeness (QED) is 0.637. The number of hydrogen-bond acceptors (Lipinski definition) is 4. The van der Waals surface area contributed by atoms with Gasteiger partial charge in [0.1, 0.15) is 5.82 Å². The normalized spacial score (nSPS) is 10.9. The average molecular weight is 356 g/mol. The van der Waals surface area contributed by atoms with Gasteiger partial charge in [-0.2, -0.15) is 0 Å². The molecule has 1 aromatic heterocycles. The fraction of sp³-hybridized carbons (Fsp3) is 0.286. The Labute approximate surface area is 131 Å². The highest BCUT2D eigenvalue weighted by Crippen LogP contribution is 2.32. The first kappa shape index (κ1) is 15.2. The summed E-state index contributed by atoms with van der Waals surface area (Å²) in [6, 6.07) is 5.52. The molecule has 0 aliphatic carbocycles. The Kier molecular flexibility index (Phi) is 4.62. The van der Waals surface area contributed by atoms with Gasteiger partial charge in [0.25, 0.3) is 0 Å². The van der Waals surface area contributed by atoms with E-state index in [2.05, 4.69) is 45.2 Å². The van der Waals surface area contributed by atoms with Crippen molar-refractivity contribution in [3.63, 3.8) is 0 Å². The zero-order valence-electron chi connectivity index (χ0n) is 11.5. The van der Waals surface area contributed by atoms with Crippen molar-refractivity contribution in [2.45, 2.75) is 26.7 Å². The van der Waals surface area contributed by atoms with E-state index in [1.807, 2.05) is 25.1 Å². The van der Waals surface area contributed by atoms with Crippen LogP contribution in [-0.4, -0.2) is 9.97 Å². The molecule has 0 unspecified atom stereocenters. The lowest BCUT2D eigenvalue weighted by molar-refractivity contribution is 0.831. The summed E-state index contributed by atoms with van der Waals surface area (Å²) in [7, 11) is 0. The third kappa shape index (κ3) is 2.95. The van der Waals surface area contributed by atoms with E-state index in [0.717, 1.165) is 21.3 Å². The highest BCUT2D eigenvalue weighted by Gasteiger charge is 2.16. The predicted octanol–water partition coefficient (Wildman–Crippen LogP) is 4.28. The van der Waals surface area contributed by atoms with Crippen LogP contribution >= 0.6 is 27.5 Å². The van der Waals surface area contributed by atoms with E-state index in [1.165, 1.54) is 0 Å². The molecule has 0 saturated heterocycles. The number of rotatable bonds is 3. The number of nitrogen functional groups attached to an aromatic ring is 1. The number of hydrogen-bond donors (Lipinski definition) is 2. The van der Waals surface area contributed by atoms with Gasteiger partial charge in [-0.1, -0.05) is 25.4 Å². The van der Waals surface area contributed by atoms with Crippen LogP contribution in [0.2, 0.25) is 5.02 Å². The number of benzene rings is 1. The van der Waals surface area contributed by atoms with Gasteiger partial charge in [0.2, 0.25) is 0 Å². The van der Waals surface area contributed by atoms with Gasteiger partial charge in [-0.15, -0.1) is 0 Å². The Bertz CT molecular complexity index is 643. The number of aryl methyl sites for hydroxylation is 1. The molecule has 0 fully saturated rings. The van der Waals surface area contributed by atoms with Crippen molar-refractivity contribution in [3.05, 3.63) is 39.0 Å². The van der Waals surface area contributed by atoms with Crippen molar-refractivity contribution in [3.8, 4) is 11.4 Å². The van der Waals surface area contributed by atoms with E-state index in [0.29, 0.717) is 22.6 Å². The molecule has 6 heteroatoms. The summed E-state index contributed by atoms with van der Waals surface area (Å²) < 4.78 is 0.852. The van der Waals surface area contributed by atoms with Crippen LogP contribution in [0, 0.1) is 6.92 Å². The molecule has 106 valence electrons. The lowest BCUT2D eigenvalue weighted by Gasteiger charge is -2.15. The van der Waals surface area contributed by atoms with E-state index in [1.54, 1.807) is 0 Å². The van der Waals surface area contributed by atoms with Crippen molar-refractivity contribution in [2.75, 3.05) is 5.43 Å². The number of halogens is 2. The van der Waals surface area contributed by atoms with Crippen LogP contribution in [-0.2, 0) is 0 Å². The van der Waals surface area contributed by atoms with Gasteiger partial charge in [-0.25, -0.2) is 15.8 Å². The van der Waals surface area contributed by atoms with Gasteiger partial charge >= 0.3 is 0 Å². The molecule has 0 aliphatic heterocycles. The first-order valence-corrected chi connectivity index (χ1v) is 7.41. The Morgan fingerprint density at radius 3 is 2.55 bits per heavy atom. The summed E-state index contributed by atoms with van der Waals surface area (Å²) in [5.41, 5.74) is 5.49. The van der Waals surface area contributed by atoms with Crippen molar-refractivity contribution >= 4 is 33.3 Å². The van der Waals surface area contributed by atoms with Crippen molar-refractivity contribution in [2.24, 2.45) is 5.84 Å². The van der Waals surface area contributed by atoms with E-state index in [4.69, 9.17) is 17.4 Å². The summed E-state index contributed by atoms with van der Waals surface area (Å²) in [4.78, 5) is 9.10. The van der Waals surface area contributed by atoms with E-state index in [9.17, 15) is 0 Å². The topological polar surface area (TPSA) is 63.8 Å². The molecule has 3 N–H and O–H groups in total. The molecule has 1 heterocycles. The van der Waals surface area contributed by atoms with Gasteiger partial charge in [0, 0.05) is 26.3 Å². The number of nitrogens with zero attached hydrogens (tertiary/aromatic N) is 2. The highest BCUT2D eigenvalue weighted by molar-refractivity contribution is 9.10. The smallest absolute Gasteiger partial charge is 0.162 e. The average Bonchev–Trinajstić information content (AvgIpc) is 2.37. The molecule has 0 amide bonds. The lowest BCUT2D eigenvalue weighted by atomic mass is 10.0. The minimum absolute atomic E-state index is 0.295. The van der Waals surface area contributed by atoms with Crippen molar-refractivity contribution in [1.29, 1.82) is 0 Å². The second kappa shape index (κ2) is 6.08. The maximum absolute atomic E-state index is 5.96. The van der Waals surface area contributed by atoms with Crippen molar-refractivity contribution < 1.29 is 0 Å². The molecule has 2 rings (SSSR count). The Balaban J connectivity index is 2.61. The molecule has 0 radical (unpaired) electrons. The second-order valence-electron chi connectivity index (χ2n) is 4.82. The molecule has 20 heavy (non-hydrogen) atoms. The van der Waals surface area contributed by atoms with Crippen LogP contribution in [0.3, 0.4) is 0 Å². The van der Waals surface area contributed by atoms with Crippen LogP contribution in [0.1, 0.15) is 31.0 Å². The van der Waals surface area contributed by atoms with Gasteiger partial charge in [-0.3, -0.25) is 0 Å². The summed E-state index contributed by atoms with van der Waals surface area (Å²) in [5, 5.41) is 0.660. The molecular weight excluding hydrogens is 340 g/mol. The number of anilines is 1. The van der Waals surface area contributed by atoms with Gasteiger partial charge in [0.05, 0.1) is 0 Å². The summed E-state index contributed by atoms with van der Waals surface area (Å²) in [5.74, 6) is 7.16. The number of nitrogens with two attached hydrogens (primary N) is 1. The third-order valence-electron chi connectivity index (χ3n) is 3.02. The SMILES string of the molecule is Cc1nc(-c2ccc(Cl)cc2Br)nc(NN)c1C(C)C. The largest absolute Gasteiger partial charge is 0.308 e. The molecule has 2 aromatic rings. The maximum Gasteiger partial charge on any atom is 0.162 e. The summed E-state index contributed by atoms with van der Waals surface area (Å²) in [6.07, 6.45) is 0. The predicted molar refractivity (Wildman–Crippen MR) is 86.8 cm³/mol. The lowest BCUT2D eigenvalue weighted by Crippen LogP contribution is -2.14. The maximum atomic E-state index is 5.96. The van der Waals surface area contributed by atoms with Crippen LogP contribution in [0.15, 0.2) is 22.7 Å². The Morgan fingerprint density at radius 2 is 2.00 bits per heavy atom. The van der Waals surface area contributed by atoms with Crippen LogP contribution < -0.4 is 11.3 Å². The fourth-order valence-electron chi connectivity index (χ4n) is 2.17. The van der Waals surface area contributed by atoms with Gasteiger partial charge < -0.3 is 5.43 Å². The van der Waals surface area contributed by atoms with Crippen LogP contribution in [0.25, 0.3) is 11.4 Å². The standard InChI is InChI=1S/C14H16BrClN4/c1-7(2)12-8(3)18-13(19-14(12)20-17)10-5-4-9(16)6-11(10)15/h4-7H,17H2,1-3H3,(H,18,19,20). The Morgan fingerprint density at radius 1 is 1.30 bits per heavy atom. The molecule has 0 spiro atoms. The number of hydrazine groups is 1. The molecule has 0 atom stereocenters. The molecule has 0 saturated carbocycles.